The number of aromatic nitrogens is 1. The maximum Gasteiger partial charge on any atom is 0.205 e. The van der Waals surface area contributed by atoms with Crippen molar-refractivity contribution in [2.45, 2.75) is 6.92 Å². The Morgan fingerprint density at radius 1 is 1.16 bits per heavy atom. The molecule has 0 bridgehead atoms. The molecule has 0 atom stereocenters. The van der Waals surface area contributed by atoms with Crippen LogP contribution >= 0.6 is 11.3 Å². The van der Waals surface area contributed by atoms with E-state index < -0.39 is 0 Å². The Hall–Kier alpha value is -2.80. The van der Waals surface area contributed by atoms with Gasteiger partial charge in [-0.2, -0.15) is 5.10 Å². The molecule has 6 nitrogen and oxygen atoms in total. The number of aryl methyl sites for hydroxylation is 1. The summed E-state index contributed by atoms with van der Waals surface area (Å²) in [5.41, 5.74) is 1.78. The van der Waals surface area contributed by atoms with Crippen LogP contribution in [-0.2, 0) is 0 Å². The van der Waals surface area contributed by atoms with E-state index in [0.717, 1.165) is 27.6 Å². The Balaban J connectivity index is 2.09. The summed E-state index contributed by atoms with van der Waals surface area (Å²) < 4.78 is 18.1. The Kier molecular flexibility index (Phi) is 5.04. The molecule has 0 aliphatic rings. The molecule has 0 aliphatic heterocycles. The molecular formula is C18H19N3O3S. The van der Waals surface area contributed by atoms with Gasteiger partial charge in [0, 0.05) is 24.1 Å². The lowest BCUT2D eigenvalue weighted by Gasteiger charge is -2.10. The van der Waals surface area contributed by atoms with Crippen LogP contribution in [0.15, 0.2) is 50.2 Å². The lowest BCUT2D eigenvalue weighted by molar-refractivity contribution is 0.395. The highest BCUT2D eigenvalue weighted by atomic mass is 32.1. The van der Waals surface area contributed by atoms with Gasteiger partial charge in [0.15, 0.2) is 0 Å². The van der Waals surface area contributed by atoms with Crippen molar-refractivity contribution in [1.82, 2.24) is 4.68 Å². The second-order valence-corrected chi connectivity index (χ2v) is 6.03. The van der Waals surface area contributed by atoms with E-state index in [9.17, 15) is 0 Å². The summed E-state index contributed by atoms with van der Waals surface area (Å²) in [6.07, 6.45) is 1.67. The van der Waals surface area contributed by atoms with Gasteiger partial charge in [-0.05, 0) is 31.2 Å². The first kappa shape index (κ1) is 17.0. The van der Waals surface area contributed by atoms with Crippen LogP contribution in [0.5, 0.6) is 11.5 Å². The van der Waals surface area contributed by atoms with Gasteiger partial charge >= 0.3 is 0 Å². The van der Waals surface area contributed by atoms with E-state index >= 15 is 0 Å². The number of ether oxygens (including phenoxy) is 2. The second-order valence-electron chi connectivity index (χ2n) is 5.20. The van der Waals surface area contributed by atoms with E-state index in [1.54, 1.807) is 32.2 Å². The van der Waals surface area contributed by atoms with Crippen molar-refractivity contribution in [3.05, 3.63) is 52.0 Å². The van der Waals surface area contributed by atoms with Crippen molar-refractivity contribution >= 4 is 17.6 Å². The summed E-state index contributed by atoms with van der Waals surface area (Å²) in [7, 11) is 5.00. The molecular weight excluding hydrogens is 338 g/mol. The zero-order valence-corrected chi connectivity index (χ0v) is 15.3. The monoisotopic (exact) mass is 357 g/mol. The quantitative estimate of drug-likeness (QED) is 0.656. The van der Waals surface area contributed by atoms with E-state index in [0.29, 0.717) is 11.5 Å². The van der Waals surface area contributed by atoms with E-state index in [2.05, 4.69) is 10.1 Å². The fraction of sp³-hybridized carbons (Fsp3) is 0.222. The topological polar surface area (TPSA) is 61.2 Å². The third-order valence-corrected chi connectivity index (χ3v) is 4.53. The standard InChI is InChI=1S/C18H19N3O3S/c1-12-5-6-14(24-12)10-20-21-16(11-25-18(21)19-2)15-8-7-13(22-3)9-17(15)23-4/h5-11H,1-4H3. The third kappa shape index (κ3) is 3.51. The van der Waals surface area contributed by atoms with Crippen LogP contribution in [0.25, 0.3) is 11.3 Å². The molecule has 0 N–H and O–H groups in total. The Labute approximate surface area is 149 Å². The normalized spacial score (nSPS) is 12.1. The van der Waals surface area contributed by atoms with Gasteiger partial charge in [0.1, 0.15) is 23.0 Å². The summed E-state index contributed by atoms with van der Waals surface area (Å²) in [6, 6.07) is 9.46. The van der Waals surface area contributed by atoms with Crippen molar-refractivity contribution < 1.29 is 13.9 Å². The molecule has 2 heterocycles. The van der Waals surface area contributed by atoms with E-state index in [1.807, 2.05) is 42.6 Å². The first-order valence-corrected chi connectivity index (χ1v) is 8.50. The van der Waals surface area contributed by atoms with Gasteiger partial charge in [-0.3, -0.25) is 4.99 Å². The van der Waals surface area contributed by atoms with Crippen LogP contribution in [0.4, 0.5) is 0 Å². The predicted molar refractivity (Wildman–Crippen MR) is 98.8 cm³/mol. The minimum atomic E-state index is 0.686. The summed E-state index contributed by atoms with van der Waals surface area (Å²) in [5, 5.41) is 6.54. The summed E-state index contributed by atoms with van der Waals surface area (Å²) in [4.78, 5) is 5.07. The summed E-state index contributed by atoms with van der Waals surface area (Å²) in [5.74, 6) is 2.97. The highest BCUT2D eigenvalue weighted by Crippen LogP contribution is 2.33. The van der Waals surface area contributed by atoms with Gasteiger partial charge in [-0.25, -0.2) is 4.68 Å². The lowest BCUT2D eigenvalue weighted by Crippen LogP contribution is -2.11. The highest BCUT2D eigenvalue weighted by molar-refractivity contribution is 7.07. The summed E-state index contributed by atoms with van der Waals surface area (Å²) in [6.45, 7) is 1.90. The zero-order chi connectivity index (χ0) is 17.8. The Morgan fingerprint density at radius 3 is 2.64 bits per heavy atom. The predicted octanol–water partition coefficient (Wildman–Crippen LogP) is 3.55. The molecule has 3 aromatic rings. The van der Waals surface area contributed by atoms with Gasteiger partial charge in [-0.1, -0.05) is 0 Å². The molecule has 0 spiro atoms. The van der Waals surface area contributed by atoms with Gasteiger partial charge in [0.2, 0.25) is 4.80 Å². The number of methoxy groups -OCH3 is 2. The van der Waals surface area contributed by atoms with Gasteiger partial charge < -0.3 is 13.9 Å². The Morgan fingerprint density at radius 2 is 2.00 bits per heavy atom. The van der Waals surface area contributed by atoms with Crippen LogP contribution in [0, 0.1) is 6.92 Å². The fourth-order valence-corrected chi connectivity index (χ4v) is 3.19. The SMILES string of the molecule is CN=c1scc(-c2ccc(OC)cc2OC)n1N=Cc1ccc(C)o1. The maximum atomic E-state index is 5.54. The van der Waals surface area contributed by atoms with Crippen LogP contribution < -0.4 is 14.3 Å². The maximum absolute atomic E-state index is 5.54. The summed E-state index contributed by atoms with van der Waals surface area (Å²) >= 11 is 1.51. The van der Waals surface area contributed by atoms with E-state index in [-0.39, 0.29) is 0 Å². The van der Waals surface area contributed by atoms with Crippen molar-refractivity contribution in [3.63, 3.8) is 0 Å². The average molecular weight is 357 g/mol. The first-order chi connectivity index (χ1) is 12.2. The molecule has 25 heavy (non-hydrogen) atoms. The van der Waals surface area contributed by atoms with Crippen molar-refractivity contribution in [2.75, 3.05) is 21.3 Å². The molecule has 130 valence electrons. The Bertz CT molecular complexity index is 966. The van der Waals surface area contributed by atoms with E-state index in [4.69, 9.17) is 13.9 Å². The molecule has 0 unspecified atom stereocenters. The van der Waals surface area contributed by atoms with Crippen LogP contribution in [0.3, 0.4) is 0 Å². The van der Waals surface area contributed by atoms with Crippen molar-refractivity contribution in [3.8, 4) is 22.8 Å². The number of benzene rings is 1. The molecule has 3 rings (SSSR count). The molecule has 0 saturated heterocycles. The lowest BCUT2D eigenvalue weighted by atomic mass is 10.1. The molecule has 2 aromatic heterocycles. The van der Waals surface area contributed by atoms with Crippen molar-refractivity contribution in [2.24, 2.45) is 10.1 Å². The first-order valence-electron chi connectivity index (χ1n) is 7.63. The largest absolute Gasteiger partial charge is 0.497 e. The van der Waals surface area contributed by atoms with Gasteiger partial charge in [0.25, 0.3) is 0 Å². The molecule has 0 saturated carbocycles. The highest BCUT2D eigenvalue weighted by Gasteiger charge is 2.13. The van der Waals surface area contributed by atoms with Crippen molar-refractivity contribution in [1.29, 1.82) is 0 Å². The van der Waals surface area contributed by atoms with Crippen LogP contribution in [0.2, 0.25) is 0 Å². The molecule has 0 amide bonds. The minimum Gasteiger partial charge on any atom is -0.497 e. The van der Waals surface area contributed by atoms with Crippen LogP contribution in [-0.4, -0.2) is 32.2 Å². The smallest absolute Gasteiger partial charge is 0.205 e. The zero-order valence-electron chi connectivity index (χ0n) is 14.5. The fourth-order valence-electron chi connectivity index (χ4n) is 2.40. The second kappa shape index (κ2) is 7.40. The van der Waals surface area contributed by atoms with Crippen LogP contribution in [0.1, 0.15) is 11.5 Å². The van der Waals surface area contributed by atoms with E-state index in [1.165, 1.54) is 11.3 Å². The molecule has 0 aliphatic carbocycles. The van der Waals surface area contributed by atoms with Gasteiger partial charge in [0.05, 0.1) is 26.1 Å². The average Bonchev–Trinajstić information content (AvgIpc) is 3.24. The molecule has 0 radical (unpaired) electrons. The molecule has 1 aromatic carbocycles. The number of hydrogen-bond acceptors (Lipinski definition) is 6. The number of thiazole rings is 1. The molecule has 7 heteroatoms. The number of hydrogen-bond donors (Lipinski definition) is 0. The third-order valence-electron chi connectivity index (χ3n) is 3.62. The molecule has 0 fully saturated rings. The minimum absolute atomic E-state index is 0.686. The van der Waals surface area contributed by atoms with Gasteiger partial charge in [-0.15, -0.1) is 11.3 Å². The number of rotatable bonds is 5. The number of nitrogens with zero attached hydrogens (tertiary/aromatic N) is 3. The number of furan rings is 1.